The molecule has 1 aliphatic heterocycles. The maximum absolute atomic E-state index is 12.6. The summed E-state index contributed by atoms with van der Waals surface area (Å²) in [4.78, 5) is 13.3. The maximum Gasteiger partial charge on any atom is 0.416 e. The van der Waals surface area contributed by atoms with Gasteiger partial charge in [0.15, 0.2) is 0 Å². The first-order valence-electron chi connectivity index (χ1n) is 6.13. The van der Waals surface area contributed by atoms with E-state index in [0.29, 0.717) is 6.61 Å². The SMILES string of the molecule is CN1CC[C@@H]1COc1ccc(C(F)(F)F)cc1C(N)=O. The first-order valence-corrected chi connectivity index (χ1v) is 6.13. The predicted molar refractivity (Wildman–Crippen MR) is 66.5 cm³/mol. The molecule has 1 atom stereocenters. The number of nitrogens with zero attached hydrogens (tertiary/aromatic N) is 1. The second-order valence-corrected chi connectivity index (χ2v) is 4.81. The Labute approximate surface area is 114 Å². The van der Waals surface area contributed by atoms with Gasteiger partial charge < -0.3 is 10.5 Å². The molecule has 1 heterocycles. The smallest absolute Gasteiger partial charge is 0.416 e. The Hall–Kier alpha value is -1.76. The van der Waals surface area contributed by atoms with Crippen LogP contribution in [-0.2, 0) is 6.18 Å². The Morgan fingerprint density at radius 1 is 1.50 bits per heavy atom. The van der Waals surface area contributed by atoms with Crippen LogP contribution in [0.5, 0.6) is 5.75 Å². The van der Waals surface area contributed by atoms with E-state index in [1.807, 2.05) is 7.05 Å². The zero-order chi connectivity index (χ0) is 14.9. The number of rotatable bonds is 4. The van der Waals surface area contributed by atoms with Crippen molar-refractivity contribution in [2.75, 3.05) is 20.2 Å². The van der Waals surface area contributed by atoms with E-state index in [1.54, 1.807) is 0 Å². The Bertz CT molecular complexity index is 517. The van der Waals surface area contributed by atoms with Gasteiger partial charge in [-0.25, -0.2) is 0 Å². The average molecular weight is 288 g/mol. The van der Waals surface area contributed by atoms with Crippen molar-refractivity contribution in [3.63, 3.8) is 0 Å². The summed E-state index contributed by atoms with van der Waals surface area (Å²) in [7, 11) is 1.93. The molecule has 1 aromatic carbocycles. The summed E-state index contributed by atoms with van der Waals surface area (Å²) in [5, 5.41) is 0. The van der Waals surface area contributed by atoms with Gasteiger partial charge in [-0.05, 0) is 38.2 Å². The summed E-state index contributed by atoms with van der Waals surface area (Å²) in [6, 6.07) is 2.97. The lowest BCUT2D eigenvalue weighted by molar-refractivity contribution is -0.137. The number of likely N-dealkylation sites (N-methyl/N-ethyl adjacent to an activating group) is 1. The number of hydrogen-bond donors (Lipinski definition) is 1. The van der Waals surface area contributed by atoms with Gasteiger partial charge >= 0.3 is 6.18 Å². The molecule has 0 saturated carbocycles. The third-order valence-corrected chi connectivity index (χ3v) is 3.44. The molecule has 0 radical (unpaired) electrons. The van der Waals surface area contributed by atoms with Crippen LogP contribution in [0.2, 0.25) is 0 Å². The summed E-state index contributed by atoms with van der Waals surface area (Å²) < 4.78 is 43.2. The largest absolute Gasteiger partial charge is 0.491 e. The van der Waals surface area contributed by atoms with Crippen LogP contribution in [0.1, 0.15) is 22.3 Å². The van der Waals surface area contributed by atoms with Gasteiger partial charge in [0.1, 0.15) is 12.4 Å². The number of benzene rings is 1. The molecule has 2 N–H and O–H groups in total. The van der Waals surface area contributed by atoms with E-state index >= 15 is 0 Å². The quantitative estimate of drug-likeness (QED) is 0.920. The van der Waals surface area contributed by atoms with Crippen molar-refractivity contribution in [2.45, 2.75) is 18.6 Å². The van der Waals surface area contributed by atoms with E-state index < -0.39 is 17.6 Å². The number of amides is 1. The standard InChI is InChI=1S/C13H15F3N2O2/c1-18-5-4-9(18)7-20-11-3-2-8(13(14,15)16)6-10(11)12(17)19/h2-3,6,9H,4-5,7H2,1H3,(H2,17,19)/t9-/m1/s1. The molecule has 1 saturated heterocycles. The van der Waals surface area contributed by atoms with Crippen molar-refractivity contribution in [3.05, 3.63) is 29.3 Å². The molecule has 1 amide bonds. The van der Waals surface area contributed by atoms with Gasteiger partial charge in [-0.1, -0.05) is 0 Å². The lowest BCUT2D eigenvalue weighted by Crippen LogP contribution is -2.48. The lowest BCUT2D eigenvalue weighted by atomic mass is 10.1. The highest BCUT2D eigenvalue weighted by Crippen LogP contribution is 2.32. The summed E-state index contributed by atoms with van der Waals surface area (Å²) in [5.74, 6) is -0.848. The first kappa shape index (κ1) is 14.6. The molecule has 110 valence electrons. The Balaban J connectivity index is 2.17. The molecule has 4 nitrogen and oxygen atoms in total. The highest BCUT2D eigenvalue weighted by molar-refractivity contribution is 5.95. The van der Waals surface area contributed by atoms with Crippen LogP contribution in [0.4, 0.5) is 13.2 Å². The number of ether oxygens (including phenoxy) is 1. The highest BCUT2D eigenvalue weighted by Gasteiger charge is 2.32. The first-order chi connectivity index (χ1) is 9.29. The lowest BCUT2D eigenvalue weighted by Gasteiger charge is -2.37. The summed E-state index contributed by atoms with van der Waals surface area (Å²) >= 11 is 0. The number of carbonyl (C=O) groups is 1. The third kappa shape index (κ3) is 3.04. The molecular formula is C13H15F3N2O2. The van der Waals surface area contributed by atoms with Crippen LogP contribution >= 0.6 is 0 Å². The van der Waals surface area contributed by atoms with Crippen LogP contribution < -0.4 is 10.5 Å². The Morgan fingerprint density at radius 3 is 2.65 bits per heavy atom. The molecule has 7 heteroatoms. The molecule has 2 rings (SSSR count). The van der Waals surface area contributed by atoms with Crippen molar-refractivity contribution in [1.82, 2.24) is 4.90 Å². The molecular weight excluding hydrogens is 273 g/mol. The molecule has 0 spiro atoms. The van der Waals surface area contributed by atoms with Gasteiger partial charge in [-0.2, -0.15) is 13.2 Å². The monoisotopic (exact) mass is 288 g/mol. The van der Waals surface area contributed by atoms with Crippen LogP contribution in [-0.4, -0.2) is 37.0 Å². The Kier molecular flexibility index (Phi) is 3.89. The minimum atomic E-state index is -4.52. The minimum absolute atomic E-state index is 0.0887. The highest BCUT2D eigenvalue weighted by atomic mass is 19.4. The van der Waals surface area contributed by atoms with Gasteiger partial charge in [0.25, 0.3) is 5.91 Å². The van der Waals surface area contributed by atoms with Crippen LogP contribution in [0, 0.1) is 0 Å². The van der Waals surface area contributed by atoms with E-state index in [0.717, 1.165) is 31.2 Å². The normalized spacial score (nSPS) is 19.5. The molecule has 0 unspecified atom stereocenters. The van der Waals surface area contributed by atoms with Crippen molar-refractivity contribution in [3.8, 4) is 5.75 Å². The van der Waals surface area contributed by atoms with Gasteiger partial charge in [0.05, 0.1) is 11.1 Å². The van der Waals surface area contributed by atoms with E-state index in [1.165, 1.54) is 0 Å². The number of hydrogen-bond acceptors (Lipinski definition) is 3. The van der Waals surface area contributed by atoms with Crippen molar-refractivity contribution >= 4 is 5.91 Å². The van der Waals surface area contributed by atoms with E-state index in [4.69, 9.17) is 10.5 Å². The number of carbonyl (C=O) groups excluding carboxylic acids is 1. The van der Waals surface area contributed by atoms with Crippen molar-refractivity contribution in [2.24, 2.45) is 5.73 Å². The van der Waals surface area contributed by atoms with Crippen LogP contribution in [0.25, 0.3) is 0 Å². The topological polar surface area (TPSA) is 55.6 Å². The fourth-order valence-corrected chi connectivity index (χ4v) is 1.99. The average Bonchev–Trinajstić information content (AvgIpc) is 2.35. The summed E-state index contributed by atoms with van der Waals surface area (Å²) in [6.45, 7) is 1.28. The Morgan fingerprint density at radius 2 is 2.20 bits per heavy atom. The molecule has 1 aromatic rings. The van der Waals surface area contributed by atoms with Crippen molar-refractivity contribution < 1.29 is 22.7 Å². The van der Waals surface area contributed by atoms with Gasteiger partial charge in [-0.15, -0.1) is 0 Å². The molecule has 0 aliphatic carbocycles. The number of halogens is 3. The van der Waals surface area contributed by atoms with Gasteiger partial charge in [0.2, 0.25) is 0 Å². The van der Waals surface area contributed by atoms with E-state index in [-0.39, 0.29) is 17.4 Å². The predicted octanol–water partition coefficient (Wildman–Crippen LogP) is 1.89. The van der Waals surface area contributed by atoms with Crippen molar-refractivity contribution in [1.29, 1.82) is 0 Å². The molecule has 0 aromatic heterocycles. The number of nitrogens with two attached hydrogens (primary N) is 1. The number of primary amides is 1. The maximum atomic E-state index is 12.6. The fraction of sp³-hybridized carbons (Fsp3) is 0.462. The second-order valence-electron chi connectivity index (χ2n) is 4.81. The summed E-state index contributed by atoms with van der Waals surface area (Å²) in [6.07, 6.45) is -3.56. The molecule has 20 heavy (non-hydrogen) atoms. The van der Waals surface area contributed by atoms with Crippen LogP contribution in [0.15, 0.2) is 18.2 Å². The van der Waals surface area contributed by atoms with Gasteiger partial charge in [-0.3, -0.25) is 9.69 Å². The molecule has 1 fully saturated rings. The van der Waals surface area contributed by atoms with E-state index in [9.17, 15) is 18.0 Å². The number of alkyl halides is 3. The third-order valence-electron chi connectivity index (χ3n) is 3.44. The number of likely N-dealkylation sites (tertiary alicyclic amines) is 1. The zero-order valence-electron chi connectivity index (χ0n) is 10.9. The summed E-state index contributed by atoms with van der Waals surface area (Å²) in [5.41, 5.74) is 3.94. The molecule has 0 bridgehead atoms. The second kappa shape index (κ2) is 5.32. The zero-order valence-corrected chi connectivity index (χ0v) is 10.9. The van der Waals surface area contributed by atoms with Gasteiger partial charge in [0, 0.05) is 6.04 Å². The van der Waals surface area contributed by atoms with Crippen LogP contribution in [0.3, 0.4) is 0 Å². The fourth-order valence-electron chi connectivity index (χ4n) is 1.99. The van der Waals surface area contributed by atoms with E-state index in [2.05, 4.69) is 4.90 Å². The minimum Gasteiger partial charge on any atom is -0.491 e. The molecule has 1 aliphatic rings.